The average molecular weight is 328 g/mol. The molecule has 0 saturated carbocycles. The zero-order valence-corrected chi connectivity index (χ0v) is 13.8. The Balaban J connectivity index is 1.97. The molecule has 104 valence electrons. The van der Waals surface area contributed by atoms with Crippen LogP contribution in [0.25, 0.3) is 10.2 Å². The molecule has 0 amide bonds. The van der Waals surface area contributed by atoms with Crippen molar-refractivity contribution in [2.75, 3.05) is 5.75 Å². The van der Waals surface area contributed by atoms with E-state index in [0.717, 1.165) is 31.0 Å². The third-order valence-electron chi connectivity index (χ3n) is 2.87. The van der Waals surface area contributed by atoms with Crippen LogP contribution in [0.2, 0.25) is 0 Å². The number of nitriles is 1. The Kier molecular flexibility index (Phi) is 4.49. The van der Waals surface area contributed by atoms with Gasteiger partial charge < -0.3 is 0 Å². The largest absolute Gasteiger partial charge is 0.229 e. The summed E-state index contributed by atoms with van der Waals surface area (Å²) in [4.78, 5) is 6.65. The van der Waals surface area contributed by atoms with Crippen molar-refractivity contribution in [2.45, 2.75) is 21.1 Å². The number of thiazole rings is 1. The first kappa shape index (κ1) is 14.5. The fourth-order valence-electron chi connectivity index (χ4n) is 1.97. The van der Waals surface area contributed by atoms with Crippen LogP contribution in [0.3, 0.4) is 0 Å². The van der Waals surface area contributed by atoms with Gasteiger partial charge in [0.1, 0.15) is 6.07 Å². The van der Waals surface area contributed by atoms with E-state index >= 15 is 0 Å². The van der Waals surface area contributed by atoms with Gasteiger partial charge in [-0.05, 0) is 30.0 Å². The summed E-state index contributed by atoms with van der Waals surface area (Å²) >= 11 is 4.95. The second-order valence-electron chi connectivity index (χ2n) is 4.22. The first-order valence-electron chi connectivity index (χ1n) is 6.51. The van der Waals surface area contributed by atoms with Crippen molar-refractivity contribution in [3.05, 3.63) is 48.0 Å². The average Bonchev–Trinajstić information content (AvgIpc) is 2.90. The van der Waals surface area contributed by atoms with Crippen molar-refractivity contribution in [3.63, 3.8) is 0 Å². The topological polar surface area (TPSA) is 36.7 Å². The normalized spacial score (nSPS) is 10.7. The summed E-state index contributed by atoms with van der Waals surface area (Å²) in [7, 11) is 0. The van der Waals surface area contributed by atoms with E-state index in [1.54, 1.807) is 34.9 Å². The van der Waals surface area contributed by atoms with Gasteiger partial charge >= 0.3 is 0 Å². The van der Waals surface area contributed by atoms with Crippen LogP contribution in [-0.2, 0) is 0 Å². The number of para-hydroxylation sites is 1. The van der Waals surface area contributed by atoms with Crippen molar-refractivity contribution in [3.8, 4) is 6.07 Å². The van der Waals surface area contributed by atoms with Crippen LogP contribution in [0.1, 0.15) is 12.5 Å². The summed E-state index contributed by atoms with van der Waals surface area (Å²) in [5.74, 6) is 0.962. The van der Waals surface area contributed by atoms with Crippen LogP contribution in [0.4, 0.5) is 0 Å². The van der Waals surface area contributed by atoms with Gasteiger partial charge in [0.2, 0.25) is 0 Å². The molecular formula is C16H12N2S3. The molecule has 0 bridgehead atoms. The van der Waals surface area contributed by atoms with E-state index in [2.05, 4.69) is 24.0 Å². The highest BCUT2D eigenvalue weighted by molar-refractivity contribution is 8.01. The fourth-order valence-corrected chi connectivity index (χ4v) is 4.96. The molecule has 2 nitrogen and oxygen atoms in total. The van der Waals surface area contributed by atoms with E-state index in [4.69, 9.17) is 0 Å². The lowest BCUT2D eigenvalue weighted by molar-refractivity contribution is 1.24. The summed E-state index contributed by atoms with van der Waals surface area (Å²) in [6.07, 6.45) is 0. The van der Waals surface area contributed by atoms with Crippen LogP contribution in [-0.4, -0.2) is 10.7 Å². The van der Waals surface area contributed by atoms with E-state index in [0.29, 0.717) is 0 Å². The van der Waals surface area contributed by atoms with E-state index in [9.17, 15) is 5.26 Å². The Hall–Kier alpha value is -1.48. The Labute approximate surface area is 136 Å². The van der Waals surface area contributed by atoms with E-state index < -0.39 is 0 Å². The monoisotopic (exact) mass is 328 g/mol. The SMILES string of the molecule is CCSc1cccc(Sc2nc3ccccc3s2)c1C#N. The zero-order valence-electron chi connectivity index (χ0n) is 11.4. The molecule has 5 heteroatoms. The van der Waals surface area contributed by atoms with Crippen molar-refractivity contribution >= 4 is 45.1 Å². The maximum atomic E-state index is 9.45. The number of aromatic nitrogens is 1. The Morgan fingerprint density at radius 2 is 1.95 bits per heavy atom. The Morgan fingerprint density at radius 3 is 2.71 bits per heavy atom. The molecule has 2 aromatic carbocycles. The van der Waals surface area contributed by atoms with Crippen molar-refractivity contribution in [2.24, 2.45) is 0 Å². The maximum Gasteiger partial charge on any atom is 0.155 e. The van der Waals surface area contributed by atoms with Crippen LogP contribution in [0.5, 0.6) is 0 Å². The highest BCUT2D eigenvalue weighted by atomic mass is 32.2. The van der Waals surface area contributed by atoms with Crippen molar-refractivity contribution < 1.29 is 0 Å². The number of nitrogens with zero attached hydrogens (tertiary/aromatic N) is 2. The highest BCUT2D eigenvalue weighted by Crippen LogP contribution is 2.38. The third kappa shape index (κ3) is 3.08. The van der Waals surface area contributed by atoms with E-state index in [-0.39, 0.29) is 0 Å². The zero-order chi connectivity index (χ0) is 14.7. The number of hydrogen-bond acceptors (Lipinski definition) is 5. The molecule has 0 aliphatic heterocycles. The van der Waals surface area contributed by atoms with E-state index in [1.807, 2.05) is 36.4 Å². The van der Waals surface area contributed by atoms with E-state index in [1.165, 1.54) is 4.70 Å². The molecule has 1 heterocycles. The highest BCUT2D eigenvalue weighted by Gasteiger charge is 2.12. The Bertz CT molecular complexity index is 785. The van der Waals surface area contributed by atoms with Gasteiger partial charge in [0.15, 0.2) is 4.34 Å². The molecule has 0 radical (unpaired) electrons. The first-order valence-corrected chi connectivity index (χ1v) is 9.13. The second-order valence-corrected chi connectivity index (χ2v) is 7.85. The van der Waals surface area contributed by atoms with Gasteiger partial charge in [-0.2, -0.15) is 5.26 Å². The molecule has 0 atom stereocenters. The molecule has 0 unspecified atom stereocenters. The third-order valence-corrected chi connectivity index (χ3v) is 5.97. The van der Waals surface area contributed by atoms with Gasteiger partial charge in [0.25, 0.3) is 0 Å². The molecule has 0 saturated heterocycles. The Morgan fingerprint density at radius 1 is 1.14 bits per heavy atom. The van der Waals surface area contributed by atoms with Gasteiger partial charge in [-0.15, -0.1) is 23.1 Å². The summed E-state index contributed by atoms with van der Waals surface area (Å²) in [5, 5.41) is 9.45. The lowest BCUT2D eigenvalue weighted by atomic mass is 10.2. The van der Waals surface area contributed by atoms with Gasteiger partial charge in [-0.1, -0.05) is 36.9 Å². The van der Waals surface area contributed by atoms with Gasteiger partial charge in [0, 0.05) is 9.79 Å². The summed E-state index contributed by atoms with van der Waals surface area (Å²) in [6.45, 7) is 2.10. The van der Waals surface area contributed by atoms with Gasteiger partial charge in [-0.3, -0.25) is 0 Å². The molecule has 0 spiro atoms. The smallest absolute Gasteiger partial charge is 0.155 e. The molecule has 3 aromatic rings. The summed E-state index contributed by atoms with van der Waals surface area (Å²) in [5.41, 5.74) is 1.77. The molecular weight excluding hydrogens is 316 g/mol. The molecule has 0 N–H and O–H groups in total. The predicted octanol–water partition coefficient (Wildman–Crippen LogP) is 5.43. The quantitative estimate of drug-likeness (QED) is 0.598. The summed E-state index contributed by atoms with van der Waals surface area (Å²) < 4.78 is 2.16. The summed E-state index contributed by atoms with van der Waals surface area (Å²) in [6, 6.07) is 16.5. The molecule has 0 fully saturated rings. The minimum atomic E-state index is 0.758. The number of benzene rings is 2. The molecule has 21 heavy (non-hydrogen) atoms. The van der Waals surface area contributed by atoms with Crippen LogP contribution in [0.15, 0.2) is 56.6 Å². The van der Waals surface area contributed by atoms with Crippen molar-refractivity contribution in [1.29, 1.82) is 5.26 Å². The lowest BCUT2D eigenvalue weighted by Gasteiger charge is -2.06. The second kappa shape index (κ2) is 6.52. The number of fused-ring (bicyclic) bond motifs is 1. The van der Waals surface area contributed by atoms with Gasteiger partial charge in [0.05, 0.1) is 15.8 Å². The standard InChI is InChI=1S/C16H12N2S3/c1-2-19-13-8-5-9-14(11(13)10-17)20-16-18-12-6-3-4-7-15(12)21-16/h3-9H,2H2,1H3. The molecule has 3 rings (SSSR count). The predicted molar refractivity (Wildman–Crippen MR) is 91.3 cm³/mol. The number of thioether (sulfide) groups is 1. The van der Waals surface area contributed by atoms with Gasteiger partial charge in [-0.25, -0.2) is 4.98 Å². The molecule has 0 aliphatic carbocycles. The molecule has 0 aliphatic rings. The lowest BCUT2D eigenvalue weighted by Crippen LogP contribution is -1.86. The number of hydrogen-bond donors (Lipinski definition) is 0. The van der Waals surface area contributed by atoms with Crippen LogP contribution < -0.4 is 0 Å². The fraction of sp³-hybridized carbons (Fsp3) is 0.125. The maximum absolute atomic E-state index is 9.45. The molecule has 1 aromatic heterocycles. The minimum Gasteiger partial charge on any atom is -0.229 e. The van der Waals surface area contributed by atoms with Crippen LogP contribution >= 0.6 is 34.9 Å². The minimum absolute atomic E-state index is 0.758. The van der Waals surface area contributed by atoms with Crippen molar-refractivity contribution in [1.82, 2.24) is 4.98 Å². The number of rotatable bonds is 4. The van der Waals surface area contributed by atoms with Crippen LogP contribution in [0, 0.1) is 11.3 Å². The first-order chi connectivity index (χ1) is 10.3.